The Bertz CT molecular complexity index is 189. The van der Waals surface area contributed by atoms with Crippen molar-refractivity contribution in [3.05, 3.63) is 0 Å². The Morgan fingerprint density at radius 1 is 1.36 bits per heavy atom. The van der Waals surface area contributed by atoms with Crippen molar-refractivity contribution in [2.75, 3.05) is 19.8 Å². The van der Waals surface area contributed by atoms with Crippen LogP contribution in [-0.2, 0) is 14.2 Å². The van der Waals surface area contributed by atoms with Crippen molar-refractivity contribution < 1.29 is 19.3 Å². The van der Waals surface area contributed by atoms with Gasteiger partial charge in [0.1, 0.15) is 6.10 Å². The van der Waals surface area contributed by atoms with Gasteiger partial charge in [0.2, 0.25) is 0 Å². The van der Waals surface area contributed by atoms with Gasteiger partial charge >= 0.3 is 0 Å². The summed E-state index contributed by atoms with van der Waals surface area (Å²) < 4.78 is 16.6. The summed E-state index contributed by atoms with van der Waals surface area (Å²) in [6.07, 6.45) is 1.92. The van der Waals surface area contributed by atoms with Gasteiger partial charge in [-0.3, -0.25) is 0 Å². The summed E-state index contributed by atoms with van der Waals surface area (Å²) in [5, 5.41) is 9.84. The molecular weight excluding hydrogens is 184 g/mol. The zero-order valence-corrected chi connectivity index (χ0v) is 8.57. The summed E-state index contributed by atoms with van der Waals surface area (Å²) in [5.41, 5.74) is 0. The lowest BCUT2D eigenvalue weighted by molar-refractivity contribution is -0.254. The van der Waals surface area contributed by atoms with Crippen LogP contribution < -0.4 is 0 Å². The fourth-order valence-electron chi connectivity index (χ4n) is 2.28. The number of rotatable bonds is 2. The molecule has 2 atom stereocenters. The molecule has 4 nitrogen and oxygen atoms in total. The highest BCUT2D eigenvalue weighted by Crippen LogP contribution is 2.37. The SMILES string of the molecule is CCOC1CCC(O)C2(C1)OCCO2. The standard InChI is InChI=1S/C10H18O4/c1-2-12-8-3-4-9(11)10(7-8)13-5-6-14-10/h8-9,11H,2-7H2,1H3. The van der Waals surface area contributed by atoms with Crippen LogP contribution in [0.1, 0.15) is 26.2 Å². The molecule has 1 saturated carbocycles. The molecule has 82 valence electrons. The first kappa shape index (κ1) is 10.4. The van der Waals surface area contributed by atoms with Gasteiger partial charge in [0, 0.05) is 13.0 Å². The van der Waals surface area contributed by atoms with E-state index in [1.165, 1.54) is 0 Å². The van der Waals surface area contributed by atoms with E-state index in [1.807, 2.05) is 6.92 Å². The predicted octanol–water partition coefficient (Wildman–Crippen LogP) is 0.679. The maximum absolute atomic E-state index is 9.84. The van der Waals surface area contributed by atoms with Crippen LogP contribution in [0.3, 0.4) is 0 Å². The molecule has 0 aromatic carbocycles. The first-order chi connectivity index (χ1) is 6.77. The normalized spacial score (nSPS) is 36.4. The Labute approximate surface area is 84.1 Å². The van der Waals surface area contributed by atoms with Crippen LogP contribution in [-0.4, -0.2) is 42.9 Å². The second-order valence-corrected chi connectivity index (χ2v) is 3.88. The summed E-state index contributed by atoms with van der Waals surface area (Å²) in [7, 11) is 0. The number of hydrogen-bond acceptors (Lipinski definition) is 4. The minimum absolute atomic E-state index is 0.168. The van der Waals surface area contributed by atoms with Crippen molar-refractivity contribution in [1.29, 1.82) is 0 Å². The topological polar surface area (TPSA) is 47.9 Å². The van der Waals surface area contributed by atoms with Gasteiger partial charge in [-0.15, -0.1) is 0 Å². The van der Waals surface area contributed by atoms with Crippen molar-refractivity contribution in [3.8, 4) is 0 Å². The van der Waals surface area contributed by atoms with Crippen LogP contribution in [0.15, 0.2) is 0 Å². The molecule has 1 aliphatic heterocycles. The quantitative estimate of drug-likeness (QED) is 0.715. The first-order valence-corrected chi connectivity index (χ1v) is 5.34. The van der Waals surface area contributed by atoms with Gasteiger partial charge in [0.15, 0.2) is 5.79 Å². The maximum atomic E-state index is 9.84. The van der Waals surface area contributed by atoms with Crippen molar-refractivity contribution in [2.24, 2.45) is 0 Å². The molecule has 0 radical (unpaired) electrons. The summed E-state index contributed by atoms with van der Waals surface area (Å²) in [6, 6.07) is 0. The molecule has 2 fully saturated rings. The van der Waals surface area contributed by atoms with Crippen LogP contribution in [0, 0.1) is 0 Å². The fraction of sp³-hybridized carbons (Fsp3) is 1.00. The summed E-state index contributed by atoms with van der Waals surface area (Å²) in [5.74, 6) is -0.766. The fourth-order valence-corrected chi connectivity index (χ4v) is 2.28. The van der Waals surface area contributed by atoms with Crippen LogP contribution in [0.2, 0.25) is 0 Å². The molecule has 1 heterocycles. The van der Waals surface area contributed by atoms with E-state index >= 15 is 0 Å². The van der Waals surface area contributed by atoms with Gasteiger partial charge in [0.05, 0.1) is 19.3 Å². The van der Waals surface area contributed by atoms with E-state index in [-0.39, 0.29) is 6.10 Å². The number of ether oxygens (including phenoxy) is 3. The van der Waals surface area contributed by atoms with Gasteiger partial charge in [0.25, 0.3) is 0 Å². The van der Waals surface area contributed by atoms with Crippen LogP contribution in [0.25, 0.3) is 0 Å². The lowest BCUT2D eigenvalue weighted by Crippen LogP contribution is -2.50. The van der Waals surface area contributed by atoms with Gasteiger partial charge in [-0.25, -0.2) is 0 Å². The van der Waals surface area contributed by atoms with E-state index in [9.17, 15) is 5.11 Å². The van der Waals surface area contributed by atoms with Gasteiger partial charge in [-0.2, -0.15) is 0 Å². The molecule has 0 bridgehead atoms. The zero-order chi connectivity index (χ0) is 10.0. The second-order valence-electron chi connectivity index (χ2n) is 3.88. The molecule has 1 aliphatic carbocycles. The predicted molar refractivity (Wildman–Crippen MR) is 49.9 cm³/mol. The summed E-state index contributed by atoms with van der Waals surface area (Å²) >= 11 is 0. The van der Waals surface area contributed by atoms with Gasteiger partial charge in [-0.1, -0.05) is 0 Å². The molecule has 4 heteroatoms. The molecule has 14 heavy (non-hydrogen) atoms. The lowest BCUT2D eigenvalue weighted by Gasteiger charge is -2.39. The van der Waals surface area contributed by atoms with Gasteiger partial charge in [-0.05, 0) is 19.8 Å². The largest absolute Gasteiger partial charge is 0.388 e. The monoisotopic (exact) mass is 202 g/mol. The van der Waals surface area contributed by atoms with E-state index in [0.717, 1.165) is 6.42 Å². The zero-order valence-electron chi connectivity index (χ0n) is 8.57. The summed E-state index contributed by atoms with van der Waals surface area (Å²) in [6.45, 7) is 3.84. The Kier molecular flexibility index (Phi) is 3.07. The third kappa shape index (κ3) is 1.80. The molecule has 0 aromatic rings. The molecule has 1 N–H and O–H groups in total. The lowest BCUT2D eigenvalue weighted by atomic mass is 9.89. The van der Waals surface area contributed by atoms with Crippen LogP contribution in [0.5, 0.6) is 0 Å². The molecule has 0 aromatic heterocycles. The van der Waals surface area contributed by atoms with Crippen LogP contribution in [0.4, 0.5) is 0 Å². The third-order valence-electron chi connectivity index (χ3n) is 2.96. The van der Waals surface area contributed by atoms with Gasteiger partial charge < -0.3 is 19.3 Å². The van der Waals surface area contributed by atoms with Crippen molar-refractivity contribution >= 4 is 0 Å². The van der Waals surface area contributed by atoms with E-state index in [2.05, 4.69) is 0 Å². The highest BCUT2D eigenvalue weighted by atomic mass is 16.7. The molecule has 1 saturated heterocycles. The average Bonchev–Trinajstić information content (AvgIpc) is 2.62. The molecule has 2 aliphatic rings. The number of aliphatic hydroxyl groups excluding tert-OH is 1. The van der Waals surface area contributed by atoms with Crippen LogP contribution >= 0.6 is 0 Å². The summed E-state index contributed by atoms with van der Waals surface area (Å²) in [4.78, 5) is 0. The molecule has 2 rings (SSSR count). The Morgan fingerprint density at radius 3 is 2.71 bits per heavy atom. The third-order valence-corrected chi connectivity index (χ3v) is 2.96. The van der Waals surface area contributed by atoms with E-state index in [4.69, 9.17) is 14.2 Å². The first-order valence-electron chi connectivity index (χ1n) is 5.34. The molecular formula is C10H18O4. The van der Waals surface area contributed by atoms with E-state index < -0.39 is 11.9 Å². The van der Waals surface area contributed by atoms with E-state index in [1.54, 1.807) is 0 Å². The van der Waals surface area contributed by atoms with Crippen molar-refractivity contribution in [2.45, 2.75) is 44.2 Å². The maximum Gasteiger partial charge on any atom is 0.197 e. The Morgan fingerprint density at radius 2 is 2.07 bits per heavy atom. The molecule has 1 spiro atoms. The Hall–Kier alpha value is -0.160. The smallest absolute Gasteiger partial charge is 0.197 e. The highest BCUT2D eigenvalue weighted by molar-refractivity contribution is 4.90. The molecule has 0 amide bonds. The minimum Gasteiger partial charge on any atom is -0.388 e. The average molecular weight is 202 g/mol. The second kappa shape index (κ2) is 4.14. The number of hydrogen-bond donors (Lipinski definition) is 1. The number of aliphatic hydroxyl groups is 1. The minimum atomic E-state index is -0.766. The van der Waals surface area contributed by atoms with E-state index in [0.29, 0.717) is 32.7 Å². The Balaban J connectivity index is 1.99. The van der Waals surface area contributed by atoms with Crippen molar-refractivity contribution in [1.82, 2.24) is 0 Å². The van der Waals surface area contributed by atoms with Crippen molar-refractivity contribution in [3.63, 3.8) is 0 Å². The molecule has 2 unspecified atom stereocenters. The highest BCUT2D eigenvalue weighted by Gasteiger charge is 2.48.